The summed E-state index contributed by atoms with van der Waals surface area (Å²) in [5.41, 5.74) is 1.99. The molecule has 1 atom stereocenters. The summed E-state index contributed by atoms with van der Waals surface area (Å²) in [5.74, 6) is -0.953. The monoisotopic (exact) mass is 256 g/mol. The van der Waals surface area contributed by atoms with Gasteiger partial charge in [-0.25, -0.2) is 14.2 Å². The first-order chi connectivity index (χ1) is 8.04. The Hall–Kier alpha value is -1.62. The molecule has 2 aromatic rings. The number of nitrogens with zero attached hydrogens (tertiary/aromatic N) is 1. The third-order valence-electron chi connectivity index (χ3n) is 2.51. The number of halogens is 2. The number of aromatic amines is 1. The first-order valence-electron chi connectivity index (χ1n) is 4.90. The molecular formula is C11H10ClFN2O2. The maximum atomic E-state index is 13.8. The zero-order valence-corrected chi connectivity index (χ0v) is 10.0. The Morgan fingerprint density at radius 1 is 1.65 bits per heavy atom. The molecule has 0 amide bonds. The van der Waals surface area contributed by atoms with Crippen molar-refractivity contribution in [2.24, 2.45) is 0 Å². The van der Waals surface area contributed by atoms with E-state index in [1.54, 1.807) is 6.07 Å². The number of alkyl halides is 1. The van der Waals surface area contributed by atoms with Gasteiger partial charge in [0, 0.05) is 11.8 Å². The molecule has 0 aliphatic rings. The van der Waals surface area contributed by atoms with Gasteiger partial charge < -0.3 is 9.72 Å². The Morgan fingerprint density at radius 3 is 3.00 bits per heavy atom. The number of aromatic nitrogens is 2. The van der Waals surface area contributed by atoms with E-state index < -0.39 is 12.1 Å². The summed E-state index contributed by atoms with van der Waals surface area (Å²) in [4.78, 5) is 18.0. The predicted octanol–water partition coefficient (Wildman–Crippen LogP) is 2.71. The van der Waals surface area contributed by atoms with Crippen LogP contribution in [0.1, 0.15) is 17.3 Å². The number of esters is 1. The van der Waals surface area contributed by atoms with Gasteiger partial charge in [-0.15, -0.1) is 0 Å². The van der Waals surface area contributed by atoms with E-state index in [1.165, 1.54) is 6.20 Å². The lowest BCUT2D eigenvalue weighted by atomic mass is 10.1. The zero-order chi connectivity index (χ0) is 12.6. The van der Waals surface area contributed by atoms with Crippen molar-refractivity contribution < 1.29 is 13.9 Å². The second-order valence-electron chi connectivity index (χ2n) is 3.62. The number of hydrogen-bond donors (Lipinski definition) is 1. The minimum atomic E-state index is -1.86. The number of fused-ring (bicyclic) bond motifs is 1. The van der Waals surface area contributed by atoms with Gasteiger partial charge >= 0.3 is 5.97 Å². The van der Waals surface area contributed by atoms with E-state index in [0.29, 0.717) is 11.0 Å². The highest BCUT2D eigenvalue weighted by atomic mass is 35.5. The van der Waals surface area contributed by atoms with E-state index >= 15 is 0 Å². The van der Waals surface area contributed by atoms with Gasteiger partial charge in [0.15, 0.2) is 0 Å². The largest absolute Gasteiger partial charge is 0.467 e. The van der Waals surface area contributed by atoms with Crippen LogP contribution in [0.5, 0.6) is 0 Å². The molecule has 0 radical (unpaired) electrons. The highest BCUT2D eigenvalue weighted by molar-refractivity contribution is 6.29. The number of methoxy groups -OCH3 is 1. The molecule has 90 valence electrons. The summed E-state index contributed by atoms with van der Waals surface area (Å²) >= 11 is 5.81. The van der Waals surface area contributed by atoms with Crippen LogP contribution in [0.2, 0.25) is 5.15 Å². The molecule has 0 fully saturated rings. The van der Waals surface area contributed by atoms with Crippen molar-refractivity contribution in [3.63, 3.8) is 0 Å². The van der Waals surface area contributed by atoms with Crippen molar-refractivity contribution in [3.05, 3.63) is 28.5 Å². The van der Waals surface area contributed by atoms with Gasteiger partial charge in [-0.05, 0) is 18.6 Å². The van der Waals surface area contributed by atoms with E-state index in [1.807, 2.05) is 6.92 Å². The molecule has 0 aliphatic carbocycles. The topological polar surface area (TPSA) is 55.0 Å². The van der Waals surface area contributed by atoms with Crippen molar-refractivity contribution in [3.8, 4) is 0 Å². The molecule has 0 aromatic carbocycles. The molecule has 2 rings (SSSR count). The second kappa shape index (κ2) is 4.33. The molecule has 17 heavy (non-hydrogen) atoms. The molecule has 1 N–H and O–H groups in total. The Kier molecular flexibility index (Phi) is 3.02. The molecule has 0 aliphatic heterocycles. The summed E-state index contributed by atoms with van der Waals surface area (Å²) < 4.78 is 18.1. The number of carbonyl (C=O) groups is 1. The molecule has 1 unspecified atom stereocenters. The lowest BCUT2D eigenvalue weighted by molar-refractivity contribution is -0.146. The normalized spacial score (nSPS) is 12.7. The van der Waals surface area contributed by atoms with Crippen LogP contribution in [-0.4, -0.2) is 23.0 Å². The molecule has 0 bridgehead atoms. The van der Waals surface area contributed by atoms with Crippen molar-refractivity contribution in [2.75, 3.05) is 7.11 Å². The van der Waals surface area contributed by atoms with Gasteiger partial charge in [0.1, 0.15) is 5.15 Å². The van der Waals surface area contributed by atoms with Crippen LogP contribution in [-0.2, 0) is 9.53 Å². The highest BCUT2D eigenvalue weighted by Gasteiger charge is 2.25. The van der Waals surface area contributed by atoms with Gasteiger partial charge in [0.2, 0.25) is 6.17 Å². The number of hydrogen-bond acceptors (Lipinski definition) is 3. The lowest BCUT2D eigenvalue weighted by Gasteiger charge is -2.04. The van der Waals surface area contributed by atoms with Crippen LogP contribution in [0.15, 0.2) is 12.3 Å². The first kappa shape index (κ1) is 11.9. The molecule has 2 aromatic heterocycles. The number of ether oxygens (including phenoxy) is 1. The molecule has 0 saturated heterocycles. The fraction of sp³-hybridized carbons (Fsp3) is 0.273. The van der Waals surface area contributed by atoms with Gasteiger partial charge in [-0.3, -0.25) is 0 Å². The zero-order valence-electron chi connectivity index (χ0n) is 9.25. The molecular weight excluding hydrogens is 247 g/mol. The summed E-state index contributed by atoms with van der Waals surface area (Å²) in [6, 6.07) is 1.66. The van der Waals surface area contributed by atoms with E-state index in [0.717, 1.165) is 12.7 Å². The smallest absolute Gasteiger partial charge is 0.345 e. The van der Waals surface area contributed by atoms with E-state index in [2.05, 4.69) is 14.7 Å². The fourth-order valence-electron chi connectivity index (χ4n) is 1.67. The third-order valence-corrected chi connectivity index (χ3v) is 2.71. The van der Waals surface area contributed by atoms with Crippen LogP contribution >= 0.6 is 11.6 Å². The van der Waals surface area contributed by atoms with Crippen molar-refractivity contribution in [2.45, 2.75) is 13.1 Å². The number of H-pyrrole nitrogens is 1. The molecule has 2 heterocycles. The summed E-state index contributed by atoms with van der Waals surface area (Å²) in [5, 5.41) is 0.257. The molecule has 0 saturated carbocycles. The van der Waals surface area contributed by atoms with E-state index in [4.69, 9.17) is 11.6 Å². The maximum absolute atomic E-state index is 13.8. The van der Waals surface area contributed by atoms with Crippen LogP contribution < -0.4 is 0 Å². The highest BCUT2D eigenvalue weighted by Crippen LogP contribution is 2.29. The van der Waals surface area contributed by atoms with E-state index in [9.17, 15) is 9.18 Å². The van der Waals surface area contributed by atoms with Crippen LogP contribution in [0.25, 0.3) is 11.0 Å². The Balaban J connectivity index is 2.60. The van der Waals surface area contributed by atoms with E-state index in [-0.39, 0.29) is 10.7 Å². The second-order valence-corrected chi connectivity index (χ2v) is 4.00. The minimum absolute atomic E-state index is 0.137. The quantitative estimate of drug-likeness (QED) is 0.664. The summed E-state index contributed by atoms with van der Waals surface area (Å²) in [6.45, 7) is 1.82. The van der Waals surface area contributed by atoms with Gasteiger partial charge in [-0.1, -0.05) is 11.6 Å². The van der Waals surface area contributed by atoms with Gasteiger partial charge in [-0.2, -0.15) is 0 Å². The SMILES string of the molecule is COC(=O)C(F)c1c[nH]c2c(C)cc(Cl)nc12. The molecule has 6 heteroatoms. The van der Waals surface area contributed by atoms with Gasteiger partial charge in [0.05, 0.1) is 18.1 Å². The Labute approximate surface area is 102 Å². The van der Waals surface area contributed by atoms with Crippen LogP contribution in [0.4, 0.5) is 4.39 Å². The first-order valence-corrected chi connectivity index (χ1v) is 5.28. The standard InChI is InChI=1S/C11H10ClFN2O2/c1-5-3-7(12)15-10-6(4-14-9(5)10)8(13)11(16)17-2/h3-4,8,14H,1-2H3. The number of pyridine rings is 1. The third kappa shape index (κ3) is 1.98. The van der Waals surface area contributed by atoms with Crippen molar-refractivity contribution in [1.29, 1.82) is 0 Å². The minimum Gasteiger partial charge on any atom is -0.467 e. The maximum Gasteiger partial charge on any atom is 0.345 e. The number of rotatable bonds is 2. The fourth-order valence-corrected chi connectivity index (χ4v) is 1.91. The van der Waals surface area contributed by atoms with Crippen molar-refractivity contribution >= 4 is 28.6 Å². The lowest BCUT2D eigenvalue weighted by Crippen LogP contribution is -2.09. The average molecular weight is 257 g/mol. The summed E-state index contributed by atoms with van der Waals surface area (Å²) in [7, 11) is 1.13. The Bertz CT molecular complexity index is 582. The van der Waals surface area contributed by atoms with Crippen molar-refractivity contribution in [1.82, 2.24) is 9.97 Å². The Morgan fingerprint density at radius 2 is 2.35 bits per heavy atom. The number of nitrogens with one attached hydrogen (secondary N) is 1. The predicted molar refractivity (Wildman–Crippen MR) is 61.7 cm³/mol. The van der Waals surface area contributed by atoms with Crippen LogP contribution in [0.3, 0.4) is 0 Å². The summed E-state index contributed by atoms with van der Waals surface area (Å²) in [6.07, 6.45) is -0.457. The van der Waals surface area contributed by atoms with Crippen LogP contribution in [0, 0.1) is 6.92 Å². The molecule has 0 spiro atoms. The number of carbonyl (C=O) groups excluding carboxylic acids is 1. The molecule has 4 nitrogen and oxygen atoms in total. The number of aryl methyl sites for hydroxylation is 1. The average Bonchev–Trinajstić information content (AvgIpc) is 2.70. The van der Waals surface area contributed by atoms with Gasteiger partial charge in [0.25, 0.3) is 0 Å².